The molecule has 5 nitrogen and oxygen atoms in total. The van der Waals surface area contributed by atoms with Crippen LogP contribution >= 0.6 is 12.4 Å². The number of nitrogens with zero attached hydrogens (tertiary/aromatic N) is 2. The molecule has 2 saturated heterocycles. The van der Waals surface area contributed by atoms with Gasteiger partial charge in [-0.1, -0.05) is 30.3 Å². The van der Waals surface area contributed by atoms with Crippen LogP contribution in [0.4, 0.5) is 0 Å². The molecule has 2 unspecified atom stereocenters. The number of aromatic nitrogens is 1. The highest BCUT2D eigenvalue weighted by molar-refractivity contribution is 6.13. The van der Waals surface area contributed by atoms with Crippen molar-refractivity contribution < 1.29 is 9.53 Å². The summed E-state index contributed by atoms with van der Waals surface area (Å²) < 4.78 is 7.59. The number of hydrogen-bond donors (Lipinski definition) is 1. The van der Waals surface area contributed by atoms with E-state index in [4.69, 9.17) is 4.74 Å². The van der Waals surface area contributed by atoms with E-state index in [2.05, 4.69) is 34.0 Å². The number of aryl methyl sites for hydroxylation is 1. The van der Waals surface area contributed by atoms with E-state index in [1.807, 2.05) is 43.4 Å². The number of rotatable bonds is 4. The summed E-state index contributed by atoms with van der Waals surface area (Å²) in [5.74, 6) is 0.778. The Morgan fingerprint density at radius 2 is 1.71 bits per heavy atom. The van der Waals surface area contributed by atoms with Crippen LogP contribution in [0, 0.1) is 0 Å². The van der Waals surface area contributed by atoms with E-state index >= 15 is 0 Å². The van der Waals surface area contributed by atoms with Gasteiger partial charge in [-0.3, -0.25) is 4.79 Å². The van der Waals surface area contributed by atoms with Gasteiger partial charge < -0.3 is 19.5 Å². The first-order valence-corrected chi connectivity index (χ1v) is 10.8. The first-order valence-electron chi connectivity index (χ1n) is 10.8. The fraction of sp³-hybridized carbons (Fsp3) is 0.400. The van der Waals surface area contributed by atoms with Gasteiger partial charge in [0.15, 0.2) is 0 Å². The van der Waals surface area contributed by atoms with Crippen LogP contribution in [0.1, 0.15) is 36.0 Å². The molecular weight excluding hydrogens is 410 g/mol. The van der Waals surface area contributed by atoms with Crippen LogP contribution in [0.3, 0.4) is 0 Å². The third-order valence-electron chi connectivity index (χ3n) is 7.11. The minimum atomic E-state index is 0. The average Bonchev–Trinajstić information content (AvgIpc) is 3.15. The fourth-order valence-corrected chi connectivity index (χ4v) is 5.50. The molecule has 1 aromatic heterocycles. The van der Waals surface area contributed by atoms with E-state index in [-0.39, 0.29) is 24.4 Å². The highest BCUT2D eigenvalue weighted by Gasteiger charge is 2.39. The van der Waals surface area contributed by atoms with E-state index in [0.29, 0.717) is 12.1 Å². The number of hydrogen-bond acceptors (Lipinski definition) is 3. The average molecular weight is 440 g/mol. The van der Waals surface area contributed by atoms with Crippen LogP contribution in [-0.4, -0.2) is 47.7 Å². The third kappa shape index (κ3) is 3.70. The Balaban J connectivity index is 0.00000231. The van der Waals surface area contributed by atoms with Crippen molar-refractivity contribution >= 4 is 29.2 Å². The lowest BCUT2D eigenvalue weighted by molar-refractivity contribution is 0.0884. The predicted octanol–water partition coefficient (Wildman–Crippen LogP) is 4.63. The molecule has 0 saturated carbocycles. The molecule has 2 bridgehead atoms. The van der Waals surface area contributed by atoms with Gasteiger partial charge in [0.1, 0.15) is 5.75 Å². The van der Waals surface area contributed by atoms with Gasteiger partial charge in [-0.2, -0.15) is 0 Å². The Morgan fingerprint density at radius 3 is 2.35 bits per heavy atom. The summed E-state index contributed by atoms with van der Waals surface area (Å²) in [5, 5.41) is 4.32. The number of methoxy groups -OCH3 is 1. The van der Waals surface area contributed by atoms with E-state index < -0.39 is 0 Å². The van der Waals surface area contributed by atoms with Crippen molar-refractivity contribution in [2.45, 2.75) is 43.8 Å². The molecule has 6 heteroatoms. The molecule has 164 valence electrons. The van der Waals surface area contributed by atoms with Gasteiger partial charge in [0.05, 0.1) is 18.4 Å². The van der Waals surface area contributed by atoms with Crippen LogP contribution in [0.25, 0.3) is 22.2 Å². The third-order valence-corrected chi connectivity index (χ3v) is 7.11. The number of ether oxygens (including phenoxy) is 1. The fourth-order valence-electron chi connectivity index (χ4n) is 5.50. The second-order valence-corrected chi connectivity index (χ2v) is 8.72. The Labute approximate surface area is 189 Å². The van der Waals surface area contributed by atoms with E-state index in [1.54, 1.807) is 7.11 Å². The molecule has 3 heterocycles. The Kier molecular flexibility index (Phi) is 6.00. The maximum absolute atomic E-state index is 13.7. The van der Waals surface area contributed by atoms with E-state index in [9.17, 15) is 4.79 Å². The minimum Gasteiger partial charge on any atom is -0.497 e. The zero-order valence-electron chi connectivity index (χ0n) is 18.3. The van der Waals surface area contributed by atoms with Gasteiger partial charge in [-0.05, 0) is 56.5 Å². The Bertz CT molecular complexity index is 1080. The van der Waals surface area contributed by atoms with Gasteiger partial charge in [-0.25, -0.2) is 0 Å². The number of amides is 1. The molecular formula is C25H30ClN3O2. The normalized spacial score (nSPS) is 22.9. The first kappa shape index (κ1) is 21.7. The number of halogens is 1. The lowest BCUT2D eigenvalue weighted by Crippen LogP contribution is -2.48. The Hall–Kier alpha value is -2.50. The molecule has 2 aliphatic heterocycles. The predicted molar refractivity (Wildman–Crippen MR) is 127 cm³/mol. The quantitative estimate of drug-likeness (QED) is 0.644. The molecule has 2 aliphatic rings. The smallest absolute Gasteiger partial charge is 0.254 e. The molecule has 2 fully saturated rings. The number of carbonyl (C=O) groups is 1. The monoisotopic (exact) mass is 439 g/mol. The number of benzene rings is 2. The largest absolute Gasteiger partial charge is 0.497 e. The second-order valence-electron chi connectivity index (χ2n) is 8.72. The van der Waals surface area contributed by atoms with Crippen molar-refractivity contribution in [2.24, 2.45) is 7.05 Å². The molecule has 2 atom stereocenters. The van der Waals surface area contributed by atoms with E-state index in [0.717, 1.165) is 46.3 Å². The summed E-state index contributed by atoms with van der Waals surface area (Å²) in [4.78, 5) is 16.2. The van der Waals surface area contributed by atoms with Crippen molar-refractivity contribution in [1.82, 2.24) is 14.8 Å². The molecule has 2 aromatic carbocycles. The van der Waals surface area contributed by atoms with Crippen LogP contribution in [0.2, 0.25) is 0 Å². The SMILES string of the molecule is COc1ccc2c(c1)c(C(=O)NC1CC3CCC(C1)N3C)c(-c1ccccc1)n2C.Cl. The second kappa shape index (κ2) is 8.56. The molecule has 0 spiro atoms. The van der Waals surface area contributed by atoms with Crippen molar-refractivity contribution in [3.05, 3.63) is 54.1 Å². The molecule has 1 N–H and O–H groups in total. The summed E-state index contributed by atoms with van der Waals surface area (Å²) in [7, 11) is 5.92. The summed E-state index contributed by atoms with van der Waals surface area (Å²) >= 11 is 0. The highest BCUT2D eigenvalue weighted by Crippen LogP contribution is 2.37. The number of fused-ring (bicyclic) bond motifs is 3. The summed E-state index contributed by atoms with van der Waals surface area (Å²) in [6.07, 6.45) is 4.56. The lowest BCUT2D eigenvalue weighted by Gasteiger charge is -2.36. The number of carbonyl (C=O) groups excluding carboxylic acids is 1. The van der Waals surface area contributed by atoms with Crippen molar-refractivity contribution in [1.29, 1.82) is 0 Å². The van der Waals surface area contributed by atoms with Crippen LogP contribution in [0.5, 0.6) is 5.75 Å². The number of piperidine rings is 1. The summed E-state index contributed by atoms with van der Waals surface area (Å²) in [6.45, 7) is 0. The van der Waals surface area contributed by atoms with Gasteiger partial charge in [0.2, 0.25) is 0 Å². The highest BCUT2D eigenvalue weighted by atomic mass is 35.5. The first-order chi connectivity index (χ1) is 14.6. The zero-order chi connectivity index (χ0) is 20.8. The van der Waals surface area contributed by atoms with Crippen LogP contribution in [0.15, 0.2) is 48.5 Å². The maximum Gasteiger partial charge on any atom is 0.254 e. The van der Waals surface area contributed by atoms with Crippen molar-refractivity contribution in [3.63, 3.8) is 0 Å². The van der Waals surface area contributed by atoms with Crippen LogP contribution in [-0.2, 0) is 7.05 Å². The topological polar surface area (TPSA) is 46.5 Å². The van der Waals surface area contributed by atoms with Crippen molar-refractivity contribution in [2.75, 3.05) is 14.2 Å². The van der Waals surface area contributed by atoms with Crippen molar-refractivity contribution in [3.8, 4) is 17.0 Å². The molecule has 3 aromatic rings. The lowest BCUT2D eigenvalue weighted by atomic mass is 9.97. The van der Waals surface area contributed by atoms with E-state index in [1.165, 1.54) is 12.8 Å². The summed E-state index contributed by atoms with van der Waals surface area (Å²) in [6, 6.07) is 17.6. The minimum absolute atomic E-state index is 0. The molecule has 1 amide bonds. The Morgan fingerprint density at radius 1 is 1.03 bits per heavy atom. The molecule has 5 rings (SSSR count). The molecule has 31 heavy (non-hydrogen) atoms. The summed E-state index contributed by atoms with van der Waals surface area (Å²) in [5.41, 5.74) is 3.77. The van der Waals surface area contributed by atoms with Crippen LogP contribution < -0.4 is 10.1 Å². The molecule has 0 radical (unpaired) electrons. The van der Waals surface area contributed by atoms with Gasteiger partial charge in [0, 0.05) is 36.1 Å². The maximum atomic E-state index is 13.7. The van der Waals surface area contributed by atoms with Gasteiger partial charge >= 0.3 is 0 Å². The zero-order valence-corrected chi connectivity index (χ0v) is 19.1. The van der Waals surface area contributed by atoms with Gasteiger partial charge in [0.25, 0.3) is 5.91 Å². The van der Waals surface area contributed by atoms with Gasteiger partial charge in [-0.15, -0.1) is 12.4 Å². The standard InChI is InChI=1S/C25H29N3O2.ClH/c1-27-18-9-10-19(27)14-17(13-18)26-25(29)23-21-15-20(30-3)11-12-22(21)28(2)24(23)16-7-5-4-6-8-16;/h4-8,11-12,15,17-19H,9-10,13-14H2,1-3H3,(H,26,29);1H. The number of nitrogens with one attached hydrogen (secondary N) is 1. The molecule has 0 aliphatic carbocycles.